The number of azo groups is 1. The van der Waals surface area contributed by atoms with E-state index in [1.807, 2.05) is 18.2 Å². The lowest BCUT2D eigenvalue weighted by molar-refractivity contribution is -0.183. The molecule has 0 spiro atoms. The minimum atomic E-state index is -1.30. The van der Waals surface area contributed by atoms with E-state index in [9.17, 15) is 9.59 Å². The van der Waals surface area contributed by atoms with Crippen LogP contribution in [0.1, 0.15) is 25.7 Å². The molecule has 6 nitrogen and oxygen atoms in total. The van der Waals surface area contributed by atoms with Crippen molar-refractivity contribution in [1.82, 2.24) is 0 Å². The van der Waals surface area contributed by atoms with Crippen LogP contribution in [0.2, 0.25) is 0 Å². The molecule has 0 fully saturated rings. The highest BCUT2D eigenvalue weighted by molar-refractivity contribution is 5.88. The smallest absolute Gasteiger partial charge is 0.336 e. The molecule has 0 N–H and O–H groups in total. The van der Waals surface area contributed by atoms with Gasteiger partial charge in [-0.15, -0.1) is 5.11 Å². The number of esters is 2. The van der Waals surface area contributed by atoms with Crippen LogP contribution in [-0.2, 0) is 19.1 Å². The molecule has 6 heteroatoms. The van der Waals surface area contributed by atoms with Crippen LogP contribution in [0, 0.1) is 0 Å². The van der Waals surface area contributed by atoms with Gasteiger partial charge >= 0.3 is 11.9 Å². The van der Waals surface area contributed by atoms with Gasteiger partial charge in [-0.3, -0.25) is 0 Å². The molecule has 0 unspecified atom stereocenters. The first kappa shape index (κ1) is 19.8. The van der Waals surface area contributed by atoms with Gasteiger partial charge in [0, 0.05) is 11.1 Å². The monoisotopic (exact) mass is 364 g/mol. The van der Waals surface area contributed by atoms with Crippen LogP contribution in [0.25, 0.3) is 0 Å². The molecule has 2 aromatic rings. The Bertz CT molecular complexity index is 860. The van der Waals surface area contributed by atoms with E-state index in [1.54, 1.807) is 36.4 Å². The van der Waals surface area contributed by atoms with Crippen molar-refractivity contribution in [2.75, 3.05) is 0 Å². The van der Waals surface area contributed by atoms with Gasteiger partial charge in [-0.2, -0.15) is 5.11 Å². The summed E-state index contributed by atoms with van der Waals surface area (Å²) in [5.74, 6) is -1.38. The Morgan fingerprint density at radius 2 is 1.33 bits per heavy atom. The average molecular weight is 364 g/mol. The lowest BCUT2D eigenvalue weighted by Gasteiger charge is -2.19. The quantitative estimate of drug-likeness (QED) is 0.287. The van der Waals surface area contributed by atoms with E-state index >= 15 is 0 Å². The number of rotatable bonds is 7. The third-order valence-electron chi connectivity index (χ3n) is 3.35. The molecule has 0 saturated carbocycles. The second-order valence-corrected chi connectivity index (χ2v) is 5.80. The zero-order valence-corrected chi connectivity index (χ0v) is 15.2. The maximum absolute atomic E-state index is 12.0. The van der Waals surface area contributed by atoms with Crippen molar-refractivity contribution in [3.8, 4) is 0 Å². The molecular weight excluding hydrogens is 344 g/mol. The van der Waals surface area contributed by atoms with Gasteiger partial charge in [0.25, 0.3) is 6.29 Å². The fraction of sp³-hybridized carbons (Fsp3) is 0.143. The van der Waals surface area contributed by atoms with Gasteiger partial charge in [-0.1, -0.05) is 43.5 Å². The Hall–Kier alpha value is -3.54. The molecule has 0 radical (unpaired) electrons. The molecule has 0 aliphatic heterocycles. The van der Waals surface area contributed by atoms with Gasteiger partial charge in [0.2, 0.25) is 0 Å². The van der Waals surface area contributed by atoms with Crippen molar-refractivity contribution in [1.29, 1.82) is 0 Å². The Morgan fingerprint density at radius 3 is 1.89 bits per heavy atom. The molecule has 138 valence electrons. The molecule has 0 aliphatic rings. The van der Waals surface area contributed by atoms with Crippen LogP contribution in [0.3, 0.4) is 0 Å². The van der Waals surface area contributed by atoms with Crippen molar-refractivity contribution in [2.24, 2.45) is 10.2 Å². The average Bonchev–Trinajstić information content (AvgIpc) is 2.66. The minimum Gasteiger partial charge on any atom is -0.417 e. The summed E-state index contributed by atoms with van der Waals surface area (Å²) < 4.78 is 10.6. The number of hydrogen-bond acceptors (Lipinski definition) is 6. The van der Waals surface area contributed by atoms with Crippen molar-refractivity contribution in [2.45, 2.75) is 20.1 Å². The Balaban J connectivity index is 2.37. The van der Waals surface area contributed by atoms with Crippen molar-refractivity contribution >= 4 is 23.3 Å². The van der Waals surface area contributed by atoms with E-state index in [0.29, 0.717) is 16.9 Å². The van der Waals surface area contributed by atoms with E-state index in [-0.39, 0.29) is 11.1 Å². The van der Waals surface area contributed by atoms with E-state index in [2.05, 4.69) is 23.4 Å². The molecule has 2 aromatic carbocycles. The largest absolute Gasteiger partial charge is 0.417 e. The molecule has 0 bridgehead atoms. The Morgan fingerprint density at radius 1 is 0.815 bits per heavy atom. The van der Waals surface area contributed by atoms with Crippen LogP contribution in [-0.4, -0.2) is 11.9 Å². The van der Waals surface area contributed by atoms with E-state index in [4.69, 9.17) is 9.47 Å². The van der Waals surface area contributed by atoms with Gasteiger partial charge in [0.1, 0.15) is 0 Å². The lowest BCUT2D eigenvalue weighted by atomic mass is 10.1. The van der Waals surface area contributed by atoms with Gasteiger partial charge < -0.3 is 9.47 Å². The van der Waals surface area contributed by atoms with Gasteiger partial charge in [-0.05, 0) is 38.1 Å². The highest BCUT2D eigenvalue weighted by Gasteiger charge is 2.24. The van der Waals surface area contributed by atoms with E-state index in [0.717, 1.165) is 0 Å². The lowest BCUT2D eigenvalue weighted by Crippen LogP contribution is -2.19. The normalized spacial score (nSPS) is 10.6. The predicted molar refractivity (Wildman–Crippen MR) is 102 cm³/mol. The van der Waals surface area contributed by atoms with Crippen LogP contribution in [0.5, 0.6) is 0 Å². The van der Waals surface area contributed by atoms with E-state index < -0.39 is 18.2 Å². The summed E-state index contributed by atoms with van der Waals surface area (Å²) in [6, 6.07) is 15.9. The van der Waals surface area contributed by atoms with E-state index in [1.165, 1.54) is 13.8 Å². The molecule has 27 heavy (non-hydrogen) atoms. The Kier molecular flexibility index (Phi) is 6.77. The minimum absolute atomic E-state index is 0.176. The van der Waals surface area contributed by atoms with Gasteiger partial charge in [0.15, 0.2) is 0 Å². The first-order chi connectivity index (χ1) is 12.9. The summed E-state index contributed by atoms with van der Waals surface area (Å²) in [6.07, 6.45) is -1.30. The van der Waals surface area contributed by atoms with Crippen LogP contribution >= 0.6 is 0 Å². The standard InChI is InChI=1S/C21H20N2O4/c1-14(2)19(24)26-21(27-20(25)15(3)4)17-12-8-9-13-18(17)23-22-16-10-6-5-7-11-16/h5-13,21H,1,3H2,2,4H3. The fourth-order valence-corrected chi connectivity index (χ4v) is 1.93. The third-order valence-corrected chi connectivity index (χ3v) is 3.35. The second kappa shape index (κ2) is 9.24. The van der Waals surface area contributed by atoms with Crippen molar-refractivity contribution in [3.63, 3.8) is 0 Å². The van der Waals surface area contributed by atoms with Crippen molar-refractivity contribution < 1.29 is 19.1 Å². The summed E-state index contributed by atoms with van der Waals surface area (Å²) in [6.45, 7) is 10.1. The number of nitrogens with zero attached hydrogens (tertiary/aromatic N) is 2. The first-order valence-electron chi connectivity index (χ1n) is 8.17. The number of ether oxygens (including phenoxy) is 2. The van der Waals surface area contributed by atoms with Crippen molar-refractivity contribution in [3.05, 3.63) is 84.5 Å². The summed E-state index contributed by atoms with van der Waals surface area (Å²) in [7, 11) is 0. The summed E-state index contributed by atoms with van der Waals surface area (Å²) in [5.41, 5.74) is 1.78. The topological polar surface area (TPSA) is 77.3 Å². The van der Waals surface area contributed by atoms with Crippen LogP contribution in [0.4, 0.5) is 11.4 Å². The predicted octanol–water partition coefficient (Wildman–Crippen LogP) is 5.34. The Labute approximate surface area is 157 Å². The molecule has 0 heterocycles. The van der Waals surface area contributed by atoms with Gasteiger partial charge in [0.05, 0.1) is 16.9 Å². The third kappa shape index (κ3) is 5.74. The zero-order valence-electron chi connectivity index (χ0n) is 15.2. The maximum atomic E-state index is 12.0. The second-order valence-electron chi connectivity index (χ2n) is 5.80. The highest BCUT2D eigenvalue weighted by atomic mass is 16.7. The van der Waals surface area contributed by atoms with Gasteiger partial charge in [-0.25, -0.2) is 9.59 Å². The molecular formula is C21H20N2O4. The molecule has 0 aromatic heterocycles. The molecule has 2 rings (SSSR count). The summed E-state index contributed by atoms with van der Waals surface area (Å²) in [4.78, 5) is 24.0. The number of benzene rings is 2. The molecule has 0 aliphatic carbocycles. The molecule has 0 saturated heterocycles. The highest BCUT2D eigenvalue weighted by Crippen LogP contribution is 2.31. The first-order valence-corrected chi connectivity index (χ1v) is 8.17. The fourth-order valence-electron chi connectivity index (χ4n) is 1.93. The number of hydrogen-bond donors (Lipinski definition) is 0. The van der Waals surface area contributed by atoms with Crippen LogP contribution in [0.15, 0.2) is 89.1 Å². The summed E-state index contributed by atoms with van der Waals surface area (Å²) >= 11 is 0. The summed E-state index contributed by atoms with van der Waals surface area (Å²) in [5, 5.41) is 8.36. The maximum Gasteiger partial charge on any atom is 0.336 e. The number of carbonyl (C=O) groups excluding carboxylic acids is 2. The molecule has 0 amide bonds. The molecule has 0 atom stereocenters. The number of carbonyl (C=O) groups is 2. The van der Waals surface area contributed by atoms with Crippen LogP contribution < -0.4 is 0 Å². The SMILES string of the molecule is C=C(C)C(=O)OC(OC(=O)C(=C)C)c1ccccc1N=Nc1ccccc1. The zero-order chi connectivity index (χ0) is 19.8.